The lowest BCUT2D eigenvalue weighted by atomic mass is 10.0. The maximum absolute atomic E-state index is 11.1. The molecule has 0 radical (unpaired) electrons. The Morgan fingerprint density at radius 2 is 2.05 bits per heavy atom. The van der Waals surface area contributed by atoms with Crippen LogP contribution in [0.25, 0.3) is 11.4 Å². The van der Waals surface area contributed by atoms with Crippen molar-refractivity contribution in [2.45, 2.75) is 26.7 Å². The smallest absolute Gasteiger partial charge is 0.339 e. The highest BCUT2D eigenvalue weighted by Crippen LogP contribution is 2.23. The van der Waals surface area contributed by atoms with Gasteiger partial charge in [-0.1, -0.05) is 13.8 Å². The Morgan fingerprint density at radius 3 is 2.63 bits per heavy atom. The second-order valence-corrected chi connectivity index (χ2v) is 4.64. The van der Waals surface area contributed by atoms with E-state index in [4.69, 9.17) is 5.11 Å². The number of carboxylic acid groups (broad SMARTS) is 1. The number of hydrogen-bond donors (Lipinski definition) is 1. The summed E-state index contributed by atoms with van der Waals surface area (Å²) in [4.78, 5) is 23.7. The minimum absolute atomic E-state index is 0.0184. The lowest BCUT2D eigenvalue weighted by Crippen LogP contribution is -2.09. The van der Waals surface area contributed by atoms with Crippen LogP contribution in [0.15, 0.2) is 24.7 Å². The topological polar surface area (TPSA) is 76.0 Å². The summed E-state index contributed by atoms with van der Waals surface area (Å²) in [6.07, 6.45) is 4.76. The molecule has 2 aromatic rings. The van der Waals surface area contributed by atoms with Crippen LogP contribution in [0.1, 0.15) is 41.4 Å². The van der Waals surface area contributed by atoms with E-state index < -0.39 is 5.97 Å². The molecule has 0 saturated carbocycles. The van der Waals surface area contributed by atoms with E-state index in [0.29, 0.717) is 11.5 Å². The molecule has 0 unspecified atom stereocenters. The Kier molecular flexibility index (Phi) is 3.55. The first-order valence-corrected chi connectivity index (χ1v) is 6.02. The first-order valence-electron chi connectivity index (χ1n) is 6.02. The summed E-state index contributed by atoms with van der Waals surface area (Å²) in [5.74, 6) is -0.470. The maximum Gasteiger partial charge on any atom is 0.339 e. The summed E-state index contributed by atoms with van der Waals surface area (Å²) in [5, 5.41) is 9.14. The first kappa shape index (κ1) is 13.1. The van der Waals surface area contributed by atoms with Gasteiger partial charge in [0.05, 0.1) is 11.3 Å². The highest BCUT2D eigenvalue weighted by molar-refractivity contribution is 5.89. The molecule has 0 aliphatic rings. The van der Waals surface area contributed by atoms with Gasteiger partial charge < -0.3 is 5.11 Å². The number of aromatic nitrogens is 3. The number of rotatable bonds is 3. The summed E-state index contributed by atoms with van der Waals surface area (Å²) in [5.41, 5.74) is 2.52. The molecule has 0 amide bonds. The van der Waals surface area contributed by atoms with Crippen molar-refractivity contribution in [1.29, 1.82) is 0 Å². The molecule has 2 heterocycles. The highest BCUT2D eigenvalue weighted by atomic mass is 16.4. The average molecular weight is 257 g/mol. The Bertz CT molecular complexity index is 624. The molecule has 0 aliphatic carbocycles. The Hall–Kier alpha value is -2.30. The van der Waals surface area contributed by atoms with Gasteiger partial charge in [0.2, 0.25) is 0 Å². The molecule has 0 bridgehead atoms. The van der Waals surface area contributed by atoms with Crippen LogP contribution >= 0.6 is 0 Å². The van der Waals surface area contributed by atoms with Crippen LogP contribution in [0, 0.1) is 6.92 Å². The van der Waals surface area contributed by atoms with Gasteiger partial charge in [-0.05, 0) is 24.5 Å². The number of aromatic carboxylic acids is 1. The Labute approximate surface area is 111 Å². The zero-order chi connectivity index (χ0) is 14.0. The van der Waals surface area contributed by atoms with E-state index in [9.17, 15) is 4.79 Å². The number of hydrogen-bond acceptors (Lipinski definition) is 4. The van der Waals surface area contributed by atoms with Crippen molar-refractivity contribution in [2.24, 2.45) is 0 Å². The standard InChI is InChI=1S/C14H15N3O2/c1-8(2)12-11(14(18)19)7-16-13(17-12)10-6-15-5-4-9(10)3/h4-8H,1-3H3,(H,18,19). The van der Waals surface area contributed by atoms with Crippen molar-refractivity contribution in [1.82, 2.24) is 15.0 Å². The van der Waals surface area contributed by atoms with Crippen molar-refractivity contribution in [3.63, 3.8) is 0 Å². The molecule has 2 aromatic heterocycles. The van der Waals surface area contributed by atoms with E-state index in [-0.39, 0.29) is 11.5 Å². The van der Waals surface area contributed by atoms with Gasteiger partial charge in [-0.3, -0.25) is 4.98 Å². The van der Waals surface area contributed by atoms with Crippen molar-refractivity contribution < 1.29 is 9.90 Å². The fourth-order valence-electron chi connectivity index (χ4n) is 1.83. The van der Waals surface area contributed by atoms with Gasteiger partial charge in [0.15, 0.2) is 5.82 Å². The van der Waals surface area contributed by atoms with Gasteiger partial charge in [0.1, 0.15) is 0 Å². The van der Waals surface area contributed by atoms with Crippen molar-refractivity contribution in [3.8, 4) is 11.4 Å². The zero-order valence-corrected chi connectivity index (χ0v) is 11.1. The van der Waals surface area contributed by atoms with Crippen LogP contribution in [0.4, 0.5) is 0 Å². The predicted octanol–water partition coefficient (Wildman–Crippen LogP) is 2.67. The van der Waals surface area contributed by atoms with Crippen LogP contribution < -0.4 is 0 Å². The number of nitrogens with zero attached hydrogens (tertiary/aromatic N) is 3. The first-order chi connectivity index (χ1) is 9.00. The highest BCUT2D eigenvalue weighted by Gasteiger charge is 2.17. The third-order valence-electron chi connectivity index (χ3n) is 2.88. The van der Waals surface area contributed by atoms with E-state index in [0.717, 1.165) is 11.1 Å². The van der Waals surface area contributed by atoms with Crippen LogP contribution in [0.5, 0.6) is 0 Å². The van der Waals surface area contributed by atoms with E-state index in [1.807, 2.05) is 26.8 Å². The molecular formula is C14H15N3O2. The molecule has 5 heteroatoms. The molecular weight excluding hydrogens is 242 g/mol. The third-order valence-corrected chi connectivity index (χ3v) is 2.88. The summed E-state index contributed by atoms with van der Waals surface area (Å²) < 4.78 is 0. The molecule has 2 rings (SSSR count). The molecule has 0 fully saturated rings. The molecule has 19 heavy (non-hydrogen) atoms. The van der Waals surface area contributed by atoms with Crippen molar-refractivity contribution in [3.05, 3.63) is 41.5 Å². The summed E-state index contributed by atoms with van der Waals surface area (Å²) in [6.45, 7) is 5.77. The van der Waals surface area contributed by atoms with Gasteiger partial charge in [-0.25, -0.2) is 14.8 Å². The molecule has 98 valence electrons. The molecule has 0 saturated heterocycles. The van der Waals surface area contributed by atoms with Crippen LogP contribution in [-0.4, -0.2) is 26.0 Å². The maximum atomic E-state index is 11.1. The molecule has 0 aliphatic heterocycles. The lowest BCUT2D eigenvalue weighted by molar-refractivity contribution is 0.0694. The number of aryl methyl sites for hydroxylation is 1. The normalized spacial score (nSPS) is 10.7. The second-order valence-electron chi connectivity index (χ2n) is 4.64. The Balaban J connectivity index is 2.59. The quantitative estimate of drug-likeness (QED) is 0.914. The van der Waals surface area contributed by atoms with Crippen molar-refractivity contribution >= 4 is 5.97 Å². The summed E-state index contributed by atoms with van der Waals surface area (Å²) in [6, 6.07) is 1.87. The molecule has 0 spiro atoms. The van der Waals surface area contributed by atoms with Gasteiger partial charge in [0, 0.05) is 24.2 Å². The van der Waals surface area contributed by atoms with Gasteiger partial charge in [-0.15, -0.1) is 0 Å². The molecule has 1 N–H and O–H groups in total. The second kappa shape index (κ2) is 5.14. The largest absolute Gasteiger partial charge is 0.478 e. The minimum atomic E-state index is -1.00. The Morgan fingerprint density at radius 1 is 1.32 bits per heavy atom. The monoisotopic (exact) mass is 257 g/mol. The van der Waals surface area contributed by atoms with Gasteiger partial charge in [0.25, 0.3) is 0 Å². The molecule has 5 nitrogen and oxygen atoms in total. The summed E-state index contributed by atoms with van der Waals surface area (Å²) >= 11 is 0. The predicted molar refractivity (Wildman–Crippen MR) is 71.0 cm³/mol. The minimum Gasteiger partial charge on any atom is -0.478 e. The number of pyridine rings is 1. The summed E-state index contributed by atoms with van der Waals surface area (Å²) in [7, 11) is 0. The van der Waals surface area contributed by atoms with E-state index in [1.54, 1.807) is 12.4 Å². The number of carboxylic acids is 1. The van der Waals surface area contributed by atoms with Crippen LogP contribution in [0.2, 0.25) is 0 Å². The van der Waals surface area contributed by atoms with Crippen LogP contribution in [-0.2, 0) is 0 Å². The fraction of sp³-hybridized carbons (Fsp3) is 0.286. The SMILES string of the molecule is Cc1ccncc1-c1ncc(C(=O)O)c(C(C)C)n1. The average Bonchev–Trinajstić information content (AvgIpc) is 2.38. The number of carbonyl (C=O) groups is 1. The lowest BCUT2D eigenvalue weighted by Gasteiger charge is -2.11. The third kappa shape index (κ3) is 2.59. The molecule has 0 aromatic carbocycles. The van der Waals surface area contributed by atoms with Gasteiger partial charge in [-0.2, -0.15) is 0 Å². The fourth-order valence-corrected chi connectivity index (χ4v) is 1.83. The van der Waals surface area contributed by atoms with Crippen molar-refractivity contribution in [2.75, 3.05) is 0 Å². The van der Waals surface area contributed by atoms with E-state index in [1.165, 1.54) is 6.20 Å². The van der Waals surface area contributed by atoms with Gasteiger partial charge >= 0.3 is 5.97 Å². The zero-order valence-electron chi connectivity index (χ0n) is 11.1. The molecule has 0 atom stereocenters. The van der Waals surface area contributed by atoms with E-state index >= 15 is 0 Å². The van der Waals surface area contributed by atoms with Crippen LogP contribution in [0.3, 0.4) is 0 Å². The van der Waals surface area contributed by atoms with E-state index in [2.05, 4.69) is 15.0 Å².